The van der Waals surface area contributed by atoms with Crippen LogP contribution in [0.25, 0.3) is 0 Å². The number of anilines is 1. The Morgan fingerprint density at radius 1 is 0.977 bits per heavy atom. The number of hydrogen-bond acceptors (Lipinski definition) is 4. The molecule has 1 atom stereocenters. The SMILES string of the molecule is CS(=O)(=O)N(CCCC(=O)N(Cc1ccccc1F)[C@H](Cc1ccccc1)C(=O)NC1CCCCC1)c1cc(Cl)ccc1Cl. The Morgan fingerprint density at radius 2 is 1.66 bits per heavy atom. The molecule has 0 aromatic heterocycles. The third-order valence-corrected chi connectivity index (χ3v) is 9.58. The molecule has 1 aliphatic carbocycles. The van der Waals surface area contributed by atoms with Gasteiger partial charge in [0.2, 0.25) is 21.8 Å². The lowest BCUT2D eigenvalue weighted by atomic mass is 9.94. The highest BCUT2D eigenvalue weighted by molar-refractivity contribution is 7.92. The topological polar surface area (TPSA) is 86.8 Å². The molecule has 0 bridgehead atoms. The van der Waals surface area contributed by atoms with Crippen molar-refractivity contribution in [1.29, 1.82) is 0 Å². The number of benzene rings is 3. The van der Waals surface area contributed by atoms with E-state index in [0.29, 0.717) is 5.02 Å². The van der Waals surface area contributed by atoms with Gasteiger partial charge in [-0.25, -0.2) is 12.8 Å². The van der Waals surface area contributed by atoms with E-state index in [9.17, 15) is 22.4 Å². The minimum Gasteiger partial charge on any atom is -0.352 e. The Morgan fingerprint density at radius 3 is 2.34 bits per heavy atom. The molecule has 2 amide bonds. The molecule has 0 aliphatic heterocycles. The molecule has 44 heavy (non-hydrogen) atoms. The summed E-state index contributed by atoms with van der Waals surface area (Å²) in [5.74, 6) is -1.15. The number of amides is 2. The smallest absolute Gasteiger partial charge is 0.243 e. The fourth-order valence-electron chi connectivity index (χ4n) is 5.57. The van der Waals surface area contributed by atoms with Crippen molar-refractivity contribution >= 4 is 50.7 Å². The van der Waals surface area contributed by atoms with Crippen molar-refractivity contribution in [1.82, 2.24) is 10.2 Å². The summed E-state index contributed by atoms with van der Waals surface area (Å²) < 4.78 is 41.4. The predicted octanol–water partition coefficient (Wildman–Crippen LogP) is 6.77. The number of nitrogens with one attached hydrogen (secondary N) is 1. The van der Waals surface area contributed by atoms with Gasteiger partial charge < -0.3 is 10.2 Å². The summed E-state index contributed by atoms with van der Waals surface area (Å²) in [6, 6.07) is 19.2. The summed E-state index contributed by atoms with van der Waals surface area (Å²) in [6.45, 7) is -0.160. The summed E-state index contributed by atoms with van der Waals surface area (Å²) in [5, 5.41) is 3.68. The van der Waals surface area contributed by atoms with Gasteiger partial charge in [0.05, 0.1) is 17.0 Å². The van der Waals surface area contributed by atoms with Crippen LogP contribution >= 0.6 is 23.2 Å². The Balaban J connectivity index is 1.61. The number of sulfonamides is 1. The van der Waals surface area contributed by atoms with E-state index in [1.165, 1.54) is 23.1 Å². The van der Waals surface area contributed by atoms with Gasteiger partial charge in [-0.3, -0.25) is 13.9 Å². The summed E-state index contributed by atoms with van der Waals surface area (Å²) in [5.41, 5.74) is 1.36. The van der Waals surface area contributed by atoms with Crippen LogP contribution in [0.1, 0.15) is 56.1 Å². The summed E-state index contributed by atoms with van der Waals surface area (Å²) in [7, 11) is -3.76. The van der Waals surface area contributed by atoms with Crippen molar-refractivity contribution in [3.8, 4) is 0 Å². The zero-order chi connectivity index (χ0) is 31.7. The van der Waals surface area contributed by atoms with Crippen molar-refractivity contribution in [2.24, 2.45) is 0 Å². The maximum atomic E-state index is 14.9. The number of carbonyl (C=O) groups is 2. The minimum absolute atomic E-state index is 0.0192. The monoisotopic (exact) mass is 661 g/mol. The number of rotatable bonds is 13. The molecule has 3 aromatic carbocycles. The van der Waals surface area contributed by atoms with Crippen molar-refractivity contribution in [2.75, 3.05) is 17.1 Å². The van der Waals surface area contributed by atoms with E-state index in [-0.39, 0.29) is 60.6 Å². The zero-order valence-corrected chi connectivity index (χ0v) is 27.1. The van der Waals surface area contributed by atoms with E-state index in [4.69, 9.17) is 23.2 Å². The molecule has 4 rings (SSSR count). The number of hydrogen-bond donors (Lipinski definition) is 1. The molecule has 0 spiro atoms. The van der Waals surface area contributed by atoms with Crippen LogP contribution < -0.4 is 9.62 Å². The predicted molar refractivity (Wildman–Crippen MR) is 174 cm³/mol. The highest BCUT2D eigenvalue weighted by Crippen LogP contribution is 2.31. The maximum Gasteiger partial charge on any atom is 0.243 e. The van der Waals surface area contributed by atoms with Gasteiger partial charge in [0.1, 0.15) is 11.9 Å². The molecule has 0 saturated heterocycles. The normalized spacial score (nSPS) is 14.5. The molecule has 1 fully saturated rings. The molecule has 0 unspecified atom stereocenters. The number of halogens is 3. The van der Waals surface area contributed by atoms with Crippen LogP contribution in [0.4, 0.5) is 10.1 Å². The van der Waals surface area contributed by atoms with E-state index in [2.05, 4.69) is 5.32 Å². The lowest BCUT2D eigenvalue weighted by molar-refractivity contribution is -0.141. The van der Waals surface area contributed by atoms with Crippen LogP contribution in [0.2, 0.25) is 10.0 Å². The molecule has 1 N–H and O–H groups in total. The van der Waals surface area contributed by atoms with Gasteiger partial charge in [-0.2, -0.15) is 0 Å². The second kappa shape index (κ2) is 15.7. The van der Waals surface area contributed by atoms with Crippen molar-refractivity contribution in [3.63, 3.8) is 0 Å². The van der Waals surface area contributed by atoms with E-state index >= 15 is 0 Å². The molecule has 3 aromatic rings. The molecule has 11 heteroatoms. The molecule has 236 valence electrons. The first-order valence-electron chi connectivity index (χ1n) is 14.8. The van der Waals surface area contributed by atoms with Gasteiger partial charge in [0.15, 0.2) is 0 Å². The fraction of sp³-hybridized carbons (Fsp3) is 0.394. The fourth-order valence-corrected chi connectivity index (χ4v) is 6.97. The zero-order valence-electron chi connectivity index (χ0n) is 24.7. The van der Waals surface area contributed by atoms with Gasteiger partial charge in [0, 0.05) is 42.6 Å². The quantitative estimate of drug-likeness (QED) is 0.219. The lowest BCUT2D eigenvalue weighted by Gasteiger charge is -2.34. The van der Waals surface area contributed by atoms with E-state index in [1.54, 1.807) is 24.3 Å². The molecule has 1 aliphatic rings. The van der Waals surface area contributed by atoms with Gasteiger partial charge in [-0.15, -0.1) is 0 Å². The Bertz CT molecular complexity index is 1530. The molecular formula is C33H38Cl2FN3O4S. The average molecular weight is 663 g/mol. The highest BCUT2D eigenvalue weighted by atomic mass is 35.5. The largest absolute Gasteiger partial charge is 0.352 e. The van der Waals surface area contributed by atoms with Gasteiger partial charge >= 0.3 is 0 Å². The van der Waals surface area contributed by atoms with Crippen LogP contribution in [0.3, 0.4) is 0 Å². The lowest BCUT2D eigenvalue weighted by Crippen LogP contribution is -2.53. The van der Waals surface area contributed by atoms with E-state index < -0.39 is 27.8 Å². The van der Waals surface area contributed by atoms with E-state index in [0.717, 1.165) is 48.2 Å². The van der Waals surface area contributed by atoms with Crippen molar-refractivity contribution in [3.05, 3.63) is 99.8 Å². The average Bonchev–Trinajstić information content (AvgIpc) is 2.99. The van der Waals surface area contributed by atoms with E-state index in [1.807, 2.05) is 30.3 Å². The third-order valence-electron chi connectivity index (χ3n) is 7.85. The molecular weight excluding hydrogens is 624 g/mol. The molecule has 0 heterocycles. The first-order valence-corrected chi connectivity index (χ1v) is 17.4. The first-order chi connectivity index (χ1) is 21.0. The Hall–Kier alpha value is -3.14. The van der Waals surface area contributed by atoms with Crippen molar-refractivity contribution in [2.45, 2.75) is 70.0 Å². The summed E-state index contributed by atoms with van der Waals surface area (Å²) >= 11 is 12.4. The Labute approximate surface area is 269 Å². The van der Waals surface area contributed by atoms with Gasteiger partial charge in [-0.1, -0.05) is 91.0 Å². The second-order valence-electron chi connectivity index (χ2n) is 11.2. The second-order valence-corrected chi connectivity index (χ2v) is 13.9. The standard InChI is InChI=1S/C33H38Cl2FN3O4S/c1-44(42,43)39(30-22-26(34)18-19-28(30)35)20-10-17-32(40)38(23-25-13-8-9-16-29(25)36)31(21-24-11-4-2-5-12-24)33(41)37-27-14-6-3-7-15-27/h2,4-5,8-9,11-13,16,18-19,22,27,31H,3,6-7,10,14-15,17,20-21,23H2,1H3,(H,37,41)/t31-/m1/s1. The number of nitrogens with zero attached hydrogens (tertiary/aromatic N) is 2. The van der Waals surface area contributed by atoms with Gasteiger partial charge in [-0.05, 0) is 49.1 Å². The maximum absolute atomic E-state index is 14.9. The number of carbonyl (C=O) groups excluding carboxylic acids is 2. The Kier molecular flexibility index (Phi) is 12.1. The molecule has 7 nitrogen and oxygen atoms in total. The third kappa shape index (κ3) is 9.43. The summed E-state index contributed by atoms with van der Waals surface area (Å²) in [6.07, 6.45) is 6.28. The highest BCUT2D eigenvalue weighted by Gasteiger charge is 2.32. The van der Waals surface area contributed by atoms with Gasteiger partial charge in [0.25, 0.3) is 0 Å². The summed E-state index contributed by atoms with van der Waals surface area (Å²) in [4.78, 5) is 29.3. The van der Waals surface area contributed by atoms with Crippen LogP contribution in [0.5, 0.6) is 0 Å². The molecule has 1 saturated carbocycles. The first kappa shape index (κ1) is 33.7. The minimum atomic E-state index is -3.76. The molecule has 0 radical (unpaired) electrons. The van der Waals surface area contributed by atoms with Crippen LogP contribution in [0.15, 0.2) is 72.8 Å². The van der Waals surface area contributed by atoms with Crippen LogP contribution in [0, 0.1) is 5.82 Å². The van der Waals surface area contributed by atoms with Crippen LogP contribution in [-0.2, 0) is 32.6 Å². The van der Waals surface area contributed by atoms with Crippen molar-refractivity contribution < 1.29 is 22.4 Å². The van der Waals surface area contributed by atoms with Crippen LogP contribution in [-0.4, -0.2) is 50.0 Å².